The summed E-state index contributed by atoms with van der Waals surface area (Å²) in [6.07, 6.45) is 2.05. The molecule has 13 heavy (non-hydrogen) atoms. The van der Waals surface area contributed by atoms with E-state index in [4.69, 9.17) is 4.74 Å². The van der Waals surface area contributed by atoms with Gasteiger partial charge in [0.1, 0.15) is 0 Å². The van der Waals surface area contributed by atoms with Gasteiger partial charge in [-0.05, 0) is 25.4 Å². The zero-order valence-corrected chi connectivity index (χ0v) is 8.51. The Bertz CT molecular complexity index is 166. The topological polar surface area (TPSA) is 38.3 Å². The predicted molar refractivity (Wildman–Crippen MR) is 51.4 cm³/mol. The quantitative estimate of drug-likeness (QED) is 0.516. The van der Waals surface area contributed by atoms with Crippen molar-refractivity contribution in [2.45, 2.75) is 26.7 Å². The van der Waals surface area contributed by atoms with Gasteiger partial charge >= 0.3 is 5.97 Å². The van der Waals surface area contributed by atoms with Crippen molar-refractivity contribution in [3.63, 3.8) is 0 Å². The first kappa shape index (κ1) is 10.5. The Morgan fingerprint density at radius 2 is 2.31 bits per heavy atom. The van der Waals surface area contributed by atoms with E-state index < -0.39 is 0 Å². The van der Waals surface area contributed by atoms with Crippen LogP contribution in [0.3, 0.4) is 0 Å². The average Bonchev–Trinajstić information content (AvgIpc) is 2.01. The van der Waals surface area contributed by atoms with Gasteiger partial charge in [0.15, 0.2) is 0 Å². The molecule has 0 aromatic carbocycles. The number of hydrogen-bond donors (Lipinski definition) is 1. The standard InChI is InChI=1S/C10H19NO2/c1-3-4-5-13-10(12)8(2)9-6-11-7-9/h8-9,11H,3-7H2,1-2H3. The molecular formula is C10H19NO2. The lowest BCUT2D eigenvalue weighted by Crippen LogP contribution is -2.47. The molecule has 0 saturated carbocycles. The number of carbonyl (C=O) groups is 1. The van der Waals surface area contributed by atoms with E-state index in [9.17, 15) is 4.79 Å². The summed E-state index contributed by atoms with van der Waals surface area (Å²) in [6, 6.07) is 0. The van der Waals surface area contributed by atoms with Crippen LogP contribution in [0.4, 0.5) is 0 Å². The summed E-state index contributed by atoms with van der Waals surface area (Å²) in [5.74, 6) is 0.534. The van der Waals surface area contributed by atoms with E-state index >= 15 is 0 Å². The normalized spacial score (nSPS) is 19.2. The van der Waals surface area contributed by atoms with Crippen molar-refractivity contribution in [3.8, 4) is 0 Å². The molecule has 0 bridgehead atoms. The first-order valence-corrected chi connectivity index (χ1v) is 5.13. The van der Waals surface area contributed by atoms with Crippen LogP contribution < -0.4 is 5.32 Å². The molecule has 1 rings (SSSR count). The second-order valence-electron chi connectivity index (χ2n) is 3.73. The van der Waals surface area contributed by atoms with Crippen LogP contribution in [0.1, 0.15) is 26.7 Å². The Kier molecular flexibility index (Phi) is 4.22. The van der Waals surface area contributed by atoms with Gasteiger partial charge in [-0.1, -0.05) is 20.3 Å². The molecule has 3 nitrogen and oxygen atoms in total. The third kappa shape index (κ3) is 2.99. The van der Waals surface area contributed by atoms with Crippen LogP contribution in [0.15, 0.2) is 0 Å². The molecule has 3 heteroatoms. The highest BCUT2D eigenvalue weighted by molar-refractivity contribution is 5.72. The molecule has 0 aromatic rings. The Hall–Kier alpha value is -0.570. The summed E-state index contributed by atoms with van der Waals surface area (Å²) < 4.78 is 5.13. The molecule has 76 valence electrons. The van der Waals surface area contributed by atoms with Gasteiger partial charge in [0.25, 0.3) is 0 Å². The lowest BCUT2D eigenvalue weighted by Gasteiger charge is -2.31. The largest absolute Gasteiger partial charge is 0.465 e. The zero-order chi connectivity index (χ0) is 9.68. The number of carbonyl (C=O) groups excluding carboxylic acids is 1. The fourth-order valence-electron chi connectivity index (χ4n) is 1.31. The lowest BCUT2D eigenvalue weighted by atomic mass is 9.89. The number of rotatable bonds is 5. The van der Waals surface area contributed by atoms with E-state index in [0.717, 1.165) is 25.9 Å². The number of ether oxygens (including phenoxy) is 1. The molecule has 0 radical (unpaired) electrons. The van der Waals surface area contributed by atoms with Crippen molar-refractivity contribution in [3.05, 3.63) is 0 Å². The van der Waals surface area contributed by atoms with Crippen LogP contribution in [0.25, 0.3) is 0 Å². The van der Waals surface area contributed by atoms with E-state index in [-0.39, 0.29) is 11.9 Å². The van der Waals surface area contributed by atoms with Crippen molar-refractivity contribution in [1.82, 2.24) is 5.32 Å². The molecule has 1 heterocycles. The highest BCUT2D eigenvalue weighted by atomic mass is 16.5. The molecule has 1 atom stereocenters. The Morgan fingerprint density at radius 1 is 1.62 bits per heavy atom. The van der Waals surface area contributed by atoms with Crippen LogP contribution in [0, 0.1) is 11.8 Å². The molecule has 1 saturated heterocycles. The zero-order valence-electron chi connectivity index (χ0n) is 8.51. The molecule has 1 N–H and O–H groups in total. The highest BCUT2D eigenvalue weighted by Crippen LogP contribution is 2.17. The number of hydrogen-bond acceptors (Lipinski definition) is 3. The fraction of sp³-hybridized carbons (Fsp3) is 0.900. The third-order valence-electron chi connectivity index (χ3n) is 2.63. The van der Waals surface area contributed by atoms with Crippen molar-refractivity contribution >= 4 is 5.97 Å². The van der Waals surface area contributed by atoms with Gasteiger partial charge in [0.05, 0.1) is 12.5 Å². The minimum Gasteiger partial charge on any atom is -0.465 e. The van der Waals surface area contributed by atoms with E-state index in [2.05, 4.69) is 12.2 Å². The summed E-state index contributed by atoms with van der Waals surface area (Å²) in [7, 11) is 0. The van der Waals surface area contributed by atoms with Gasteiger partial charge in [-0.2, -0.15) is 0 Å². The number of nitrogens with one attached hydrogen (secondary N) is 1. The van der Waals surface area contributed by atoms with E-state index in [1.165, 1.54) is 0 Å². The smallest absolute Gasteiger partial charge is 0.309 e. The van der Waals surface area contributed by atoms with E-state index in [1.807, 2.05) is 6.92 Å². The first-order valence-electron chi connectivity index (χ1n) is 5.13. The maximum absolute atomic E-state index is 11.4. The molecule has 1 unspecified atom stereocenters. The maximum Gasteiger partial charge on any atom is 0.309 e. The van der Waals surface area contributed by atoms with Crippen molar-refractivity contribution in [2.24, 2.45) is 11.8 Å². The summed E-state index contributed by atoms with van der Waals surface area (Å²) in [5.41, 5.74) is 0. The fourth-order valence-corrected chi connectivity index (χ4v) is 1.31. The minimum atomic E-state index is -0.0278. The average molecular weight is 185 g/mol. The molecule has 0 spiro atoms. The van der Waals surface area contributed by atoms with Gasteiger partial charge in [-0.25, -0.2) is 0 Å². The lowest BCUT2D eigenvalue weighted by molar-refractivity contribution is -0.150. The van der Waals surface area contributed by atoms with Gasteiger partial charge in [0.2, 0.25) is 0 Å². The molecule has 0 aliphatic carbocycles. The van der Waals surface area contributed by atoms with E-state index in [0.29, 0.717) is 12.5 Å². The second-order valence-corrected chi connectivity index (χ2v) is 3.73. The van der Waals surface area contributed by atoms with Crippen LogP contribution >= 0.6 is 0 Å². The van der Waals surface area contributed by atoms with Gasteiger partial charge < -0.3 is 10.1 Å². The maximum atomic E-state index is 11.4. The Balaban J connectivity index is 2.13. The molecule has 1 aliphatic heterocycles. The first-order chi connectivity index (χ1) is 6.25. The Labute approximate surface area is 79.8 Å². The second kappa shape index (κ2) is 5.22. The monoisotopic (exact) mass is 185 g/mol. The summed E-state index contributed by atoms with van der Waals surface area (Å²) in [5, 5.41) is 3.16. The van der Waals surface area contributed by atoms with E-state index in [1.54, 1.807) is 0 Å². The molecule has 1 fully saturated rings. The van der Waals surface area contributed by atoms with Crippen molar-refractivity contribution in [2.75, 3.05) is 19.7 Å². The highest BCUT2D eigenvalue weighted by Gasteiger charge is 2.29. The molecular weight excluding hydrogens is 166 g/mol. The van der Waals surface area contributed by atoms with Gasteiger partial charge in [0, 0.05) is 0 Å². The van der Waals surface area contributed by atoms with Crippen molar-refractivity contribution in [1.29, 1.82) is 0 Å². The Morgan fingerprint density at radius 3 is 2.77 bits per heavy atom. The molecule has 0 aromatic heterocycles. The van der Waals surface area contributed by atoms with Gasteiger partial charge in [-0.3, -0.25) is 4.79 Å². The number of esters is 1. The third-order valence-corrected chi connectivity index (χ3v) is 2.63. The van der Waals surface area contributed by atoms with Crippen LogP contribution in [-0.2, 0) is 9.53 Å². The minimum absolute atomic E-state index is 0.0278. The van der Waals surface area contributed by atoms with Crippen LogP contribution in [0.2, 0.25) is 0 Å². The van der Waals surface area contributed by atoms with Crippen LogP contribution in [0.5, 0.6) is 0 Å². The summed E-state index contributed by atoms with van der Waals surface area (Å²) in [6.45, 7) is 6.56. The predicted octanol–water partition coefficient (Wildman–Crippen LogP) is 1.19. The molecule has 0 amide bonds. The summed E-state index contributed by atoms with van der Waals surface area (Å²) in [4.78, 5) is 11.4. The SMILES string of the molecule is CCCCOC(=O)C(C)C1CNC1. The summed E-state index contributed by atoms with van der Waals surface area (Å²) >= 11 is 0. The number of unbranched alkanes of at least 4 members (excludes halogenated alkanes) is 1. The van der Waals surface area contributed by atoms with Gasteiger partial charge in [-0.15, -0.1) is 0 Å². The van der Waals surface area contributed by atoms with Crippen molar-refractivity contribution < 1.29 is 9.53 Å². The molecule has 1 aliphatic rings. The van der Waals surface area contributed by atoms with Crippen LogP contribution in [-0.4, -0.2) is 25.7 Å².